The summed E-state index contributed by atoms with van der Waals surface area (Å²) in [6.45, 7) is 2.57. The van der Waals surface area contributed by atoms with Crippen LogP contribution < -0.4 is 22.9 Å². The Balaban J connectivity index is 2.02. The molecule has 0 radical (unpaired) electrons. The summed E-state index contributed by atoms with van der Waals surface area (Å²) in [6, 6.07) is 22.2. The Bertz CT molecular complexity index is 842. The van der Waals surface area contributed by atoms with Gasteiger partial charge < -0.3 is 22.9 Å². The van der Waals surface area contributed by atoms with Crippen LogP contribution in [-0.2, 0) is 25.7 Å². The van der Waals surface area contributed by atoms with Crippen LogP contribution in [0.2, 0.25) is 0 Å². The van der Waals surface area contributed by atoms with Crippen molar-refractivity contribution in [1.29, 1.82) is 0 Å². The molecule has 0 aromatic heterocycles. The lowest BCUT2D eigenvalue weighted by Crippen LogP contribution is -2.06. The van der Waals surface area contributed by atoms with E-state index >= 15 is 0 Å². The highest BCUT2D eigenvalue weighted by atomic mass is 14.5. The molecule has 30 heavy (non-hydrogen) atoms. The Kier molecular flexibility index (Phi) is 8.17. The average molecular weight is 403 g/mol. The predicted octanol–water partition coefficient (Wildman–Crippen LogP) is 3.03. The third-order valence-electron chi connectivity index (χ3n) is 5.37. The van der Waals surface area contributed by atoms with Gasteiger partial charge >= 0.3 is 0 Å². The smallest absolute Gasteiger partial charge is 0.00367 e. The summed E-state index contributed by atoms with van der Waals surface area (Å²) in [7, 11) is 0. The van der Waals surface area contributed by atoms with Gasteiger partial charge in [0.2, 0.25) is 0 Å². The molecule has 0 amide bonds. The van der Waals surface area contributed by atoms with E-state index in [2.05, 4.69) is 60.7 Å². The van der Waals surface area contributed by atoms with Crippen molar-refractivity contribution in [3.8, 4) is 22.3 Å². The highest BCUT2D eigenvalue weighted by Gasteiger charge is 2.08. The van der Waals surface area contributed by atoms with Gasteiger partial charge in [-0.2, -0.15) is 0 Å². The summed E-state index contributed by atoms with van der Waals surface area (Å²) in [6.07, 6.45) is 3.48. The zero-order valence-electron chi connectivity index (χ0n) is 17.7. The van der Waals surface area contributed by atoms with Gasteiger partial charge in [0.15, 0.2) is 0 Å². The molecule has 3 aromatic rings. The van der Waals surface area contributed by atoms with Crippen molar-refractivity contribution < 1.29 is 0 Å². The Morgan fingerprint density at radius 1 is 0.400 bits per heavy atom. The molecule has 0 atom stereocenters. The van der Waals surface area contributed by atoms with E-state index in [-0.39, 0.29) is 0 Å². The molecule has 0 aliphatic rings. The maximum absolute atomic E-state index is 5.81. The summed E-state index contributed by atoms with van der Waals surface area (Å²) in [5.41, 5.74) is 33.1. The Labute approximate surface area is 180 Å². The first-order chi connectivity index (χ1) is 14.7. The predicted molar refractivity (Wildman–Crippen MR) is 128 cm³/mol. The van der Waals surface area contributed by atoms with Crippen LogP contribution in [0.15, 0.2) is 60.7 Å². The van der Waals surface area contributed by atoms with E-state index < -0.39 is 0 Å². The van der Waals surface area contributed by atoms with Gasteiger partial charge in [-0.1, -0.05) is 54.6 Å². The molecule has 3 aromatic carbocycles. The standard InChI is InChI=1S/C26H34N4/c27-8-4-19-12-20(5-9-28)15-25(14-19)23-2-1-3-24(18-23)26-16-21(6-10-29)13-22(17-26)7-11-30/h1-3,12-18H,4-11,27-30H2. The lowest BCUT2D eigenvalue weighted by atomic mass is 9.93. The molecule has 4 heteroatoms. The van der Waals surface area contributed by atoms with E-state index in [4.69, 9.17) is 22.9 Å². The molecule has 158 valence electrons. The van der Waals surface area contributed by atoms with Gasteiger partial charge in [0.25, 0.3) is 0 Å². The summed E-state index contributed by atoms with van der Waals surface area (Å²) < 4.78 is 0. The second-order valence-corrected chi connectivity index (χ2v) is 7.81. The van der Waals surface area contributed by atoms with E-state index in [0.717, 1.165) is 25.7 Å². The fraction of sp³-hybridized carbons (Fsp3) is 0.308. The van der Waals surface area contributed by atoms with Crippen LogP contribution >= 0.6 is 0 Å². The molecular weight excluding hydrogens is 368 g/mol. The highest BCUT2D eigenvalue weighted by molar-refractivity contribution is 5.74. The van der Waals surface area contributed by atoms with Crippen LogP contribution in [0.25, 0.3) is 22.3 Å². The molecule has 0 fully saturated rings. The lowest BCUT2D eigenvalue weighted by Gasteiger charge is -2.13. The van der Waals surface area contributed by atoms with Crippen LogP contribution in [0.4, 0.5) is 0 Å². The van der Waals surface area contributed by atoms with Gasteiger partial charge in [0.05, 0.1) is 0 Å². The van der Waals surface area contributed by atoms with E-state index in [1.54, 1.807) is 0 Å². The highest BCUT2D eigenvalue weighted by Crippen LogP contribution is 2.29. The molecule has 8 N–H and O–H groups in total. The number of hydrogen-bond acceptors (Lipinski definition) is 4. The first-order valence-corrected chi connectivity index (χ1v) is 10.8. The van der Waals surface area contributed by atoms with E-state index in [0.29, 0.717) is 26.2 Å². The Hall–Kier alpha value is -2.50. The van der Waals surface area contributed by atoms with Crippen LogP contribution in [0, 0.1) is 0 Å². The molecule has 0 spiro atoms. The lowest BCUT2D eigenvalue weighted by molar-refractivity contribution is 0.941. The van der Waals surface area contributed by atoms with Crippen molar-refractivity contribution in [1.82, 2.24) is 0 Å². The fourth-order valence-electron chi connectivity index (χ4n) is 3.98. The van der Waals surface area contributed by atoms with Gasteiger partial charge in [0.1, 0.15) is 0 Å². The summed E-state index contributed by atoms with van der Waals surface area (Å²) in [5.74, 6) is 0. The van der Waals surface area contributed by atoms with Crippen LogP contribution in [0.5, 0.6) is 0 Å². The fourth-order valence-corrected chi connectivity index (χ4v) is 3.98. The third kappa shape index (κ3) is 5.77. The minimum atomic E-state index is 0.642. The zero-order chi connectivity index (χ0) is 21.3. The van der Waals surface area contributed by atoms with Crippen molar-refractivity contribution in [2.75, 3.05) is 26.2 Å². The SMILES string of the molecule is NCCc1cc(CCN)cc(-c2cccc(-c3cc(CCN)cc(CCN)c3)c2)c1. The maximum Gasteiger partial charge on any atom is -0.00367 e. The van der Waals surface area contributed by atoms with Gasteiger partial charge in [0, 0.05) is 0 Å². The first kappa shape index (κ1) is 22.2. The third-order valence-corrected chi connectivity index (χ3v) is 5.37. The van der Waals surface area contributed by atoms with E-state index in [1.807, 2.05) is 0 Å². The molecule has 0 saturated carbocycles. The Morgan fingerprint density at radius 3 is 1.03 bits per heavy atom. The number of benzene rings is 3. The van der Waals surface area contributed by atoms with Crippen molar-refractivity contribution in [2.45, 2.75) is 25.7 Å². The van der Waals surface area contributed by atoms with Gasteiger partial charge in [-0.05, 0) is 102 Å². The van der Waals surface area contributed by atoms with Crippen molar-refractivity contribution in [3.05, 3.63) is 82.9 Å². The van der Waals surface area contributed by atoms with Crippen LogP contribution in [-0.4, -0.2) is 26.2 Å². The second kappa shape index (κ2) is 11.0. The normalized spacial score (nSPS) is 11.1. The summed E-state index contributed by atoms with van der Waals surface area (Å²) >= 11 is 0. The monoisotopic (exact) mass is 402 g/mol. The molecule has 0 aliphatic heterocycles. The number of rotatable bonds is 10. The summed E-state index contributed by atoms with van der Waals surface area (Å²) in [4.78, 5) is 0. The molecule has 0 bridgehead atoms. The maximum atomic E-state index is 5.81. The molecule has 0 heterocycles. The van der Waals surface area contributed by atoms with Crippen LogP contribution in [0.1, 0.15) is 22.3 Å². The average Bonchev–Trinajstić information content (AvgIpc) is 2.74. The van der Waals surface area contributed by atoms with Crippen molar-refractivity contribution in [3.63, 3.8) is 0 Å². The molecule has 4 nitrogen and oxygen atoms in total. The zero-order valence-corrected chi connectivity index (χ0v) is 17.7. The molecule has 3 rings (SSSR count). The summed E-state index contributed by atoms with van der Waals surface area (Å²) in [5, 5.41) is 0. The molecule has 0 saturated heterocycles. The van der Waals surface area contributed by atoms with Gasteiger partial charge in [-0.25, -0.2) is 0 Å². The minimum Gasteiger partial charge on any atom is -0.330 e. The molecule has 0 aliphatic carbocycles. The van der Waals surface area contributed by atoms with Crippen molar-refractivity contribution >= 4 is 0 Å². The number of hydrogen-bond donors (Lipinski definition) is 4. The largest absolute Gasteiger partial charge is 0.330 e. The van der Waals surface area contributed by atoms with Gasteiger partial charge in [-0.15, -0.1) is 0 Å². The first-order valence-electron chi connectivity index (χ1n) is 10.8. The van der Waals surface area contributed by atoms with Crippen LogP contribution in [0.3, 0.4) is 0 Å². The molecular formula is C26H34N4. The molecule has 0 unspecified atom stereocenters. The minimum absolute atomic E-state index is 0.642. The number of nitrogens with two attached hydrogens (primary N) is 4. The Morgan fingerprint density at radius 2 is 0.733 bits per heavy atom. The topological polar surface area (TPSA) is 104 Å². The van der Waals surface area contributed by atoms with Crippen molar-refractivity contribution in [2.24, 2.45) is 22.9 Å². The quantitative estimate of drug-likeness (QED) is 0.418. The van der Waals surface area contributed by atoms with Gasteiger partial charge in [-0.3, -0.25) is 0 Å². The second-order valence-electron chi connectivity index (χ2n) is 7.81. The van der Waals surface area contributed by atoms with E-state index in [9.17, 15) is 0 Å². The van der Waals surface area contributed by atoms with E-state index in [1.165, 1.54) is 44.5 Å².